The van der Waals surface area contributed by atoms with Gasteiger partial charge in [0.15, 0.2) is 5.65 Å². The molecule has 0 fully saturated rings. The van der Waals surface area contributed by atoms with Crippen LogP contribution in [0.5, 0.6) is 0 Å². The molecule has 0 spiro atoms. The predicted octanol–water partition coefficient (Wildman–Crippen LogP) is 1.93. The number of terminal acetylenes is 1. The standard InChI is InChI=1S/C10H9BrN4/c1-3-7(2)12-10-13-9-5-4-8(11)6-15(9)14-10/h1,4-7H,2H3,(H,12,14). The zero-order valence-corrected chi connectivity index (χ0v) is 9.69. The van der Waals surface area contributed by atoms with Gasteiger partial charge in [0.25, 0.3) is 0 Å². The first-order valence-electron chi connectivity index (χ1n) is 4.43. The molecule has 0 radical (unpaired) electrons. The Kier molecular flexibility index (Phi) is 2.60. The minimum atomic E-state index is -0.0779. The summed E-state index contributed by atoms with van der Waals surface area (Å²) in [5.74, 6) is 3.10. The Morgan fingerprint density at radius 3 is 3.13 bits per heavy atom. The van der Waals surface area contributed by atoms with Crippen molar-refractivity contribution in [1.29, 1.82) is 0 Å². The van der Waals surface area contributed by atoms with E-state index < -0.39 is 0 Å². The van der Waals surface area contributed by atoms with E-state index in [0.29, 0.717) is 5.95 Å². The molecule has 0 amide bonds. The molecule has 1 unspecified atom stereocenters. The Morgan fingerprint density at radius 2 is 2.40 bits per heavy atom. The number of pyridine rings is 1. The summed E-state index contributed by atoms with van der Waals surface area (Å²) < 4.78 is 2.65. The third-order valence-corrected chi connectivity index (χ3v) is 2.36. The highest BCUT2D eigenvalue weighted by Gasteiger charge is 2.04. The zero-order chi connectivity index (χ0) is 10.8. The van der Waals surface area contributed by atoms with Crippen LogP contribution in [0.3, 0.4) is 0 Å². The number of nitrogens with zero attached hydrogens (tertiary/aromatic N) is 3. The predicted molar refractivity (Wildman–Crippen MR) is 62.6 cm³/mol. The van der Waals surface area contributed by atoms with E-state index in [4.69, 9.17) is 6.42 Å². The van der Waals surface area contributed by atoms with Crippen LogP contribution < -0.4 is 5.32 Å². The molecule has 5 heteroatoms. The summed E-state index contributed by atoms with van der Waals surface area (Å²) in [4.78, 5) is 4.27. The Balaban J connectivity index is 2.35. The average Bonchev–Trinajstić information content (AvgIpc) is 2.59. The molecular formula is C10H9BrN4. The van der Waals surface area contributed by atoms with E-state index in [1.807, 2.05) is 25.3 Å². The van der Waals surface area contributed by atoms with Crippen molar-refractivity contribution in [3.63, 3.8) is 0 Å². The van der Waals surface area contributed by atoms with Gasteiger partial charge in [-0.05, 0) is 35.0 Å². The first-order valence-corrected chi connectivity index (χ1v) is 5.23. The maximum Gasteiger partial charge on any atom is 0.244 e. The lowest BCUT2D eigenvalue weighted by atomic mass is 10.4. The van der Waals surface area contributed by atoms with Crippen molar-refractivity contribution in [1.82, 2.24) is 14.6 Å². The smallest absolute Gasteiger partial charge is 0.244 e. The molecule has 0 aliphatic carbocycles. The van der Waals surface area contributed by atoms with E-state index in [9.17, 15) is 0 Å². The summed E-state index contributed by atoms with van der Waals surface area (Å²) in [7, 11) is 0. The number of nitrogens with one attached hydrogen (secondary N) is 1. The maximum absolute atomic E-state index is 5.26. The van der Waals surface area contributed by atoms with E-state index >= 15 is 0 Å². The Morgan fingerprint density at radius 1 is 1.60 bits per heavy atom. The van der Waals surface area contributed by atoms with Gasteiger partial charge in [0.1, 0.15) is 0 Å². The molecular weight excluding hydrogens is 256 g/mol. The fraction of sp³-hybridized carbons (Fsp3) is 0.200. The molecule has 2 heterocycles. The largest absolute Gasteiger partial charge is 0.340 e. The van der Waals surface area contributed by atoms with Gasteiger partial charge in [0, 0.05) is 10.7 Å². The molecule has 0 saturated carbocycles. The molecule has 0 aliphatic rings. The highest BCUT2D eigenvalue weighted by atomic mass is 79.9. The van der Waals surface area contributed by atoms with Crippen LogP contribution in [0.1, 0.15) is 6.92 Å². The molecule has 1 atom stereocenters. The first kappa shape index (κ1) is 9.99. The van der Waals surface area contributed by atoms with Gasteiger partial charge in [-0.15, -0.1) is 11.5 Å². The second-order valence-corrected chi connectivity index (χ2v) is 4.03. The Bertz CT molecular complexity index is 526. The molecule has 1 N–H and O–H groups in total. The molecule has 2 aromatic rings. The summed E-state index contributed by atoms with van der Waals surface area (Å²) in [6, 6.07) is 3.71. The lowest BCUT2D eigenvalue weighted by Crippen LogP contribution is -2.13. The van der Waals surface area contributed by atoms with Crippen LogP contribution in [0.25, 0.3) is 5.65 Å². The van der Waals surface area contributed by atoms with E-state index in [1.165, 1.54) is 0 Å². The van der Waals surface area contributed by atoms with Crippen molar-refractivity contribution < 1.29 is 0 Å². The molecule has 2 aromatic heterocycles. The summed E-state index contributed by atoms with van der Waals surface area (Å²) in [5, 5.41) is 7.24. The molecule has 76 valence electrons. The zero-order valence-electron chi connectivity index (χ0n) is 8.11. The molecule has 15 heavy (non-hydrogen) atoms. The Hall–Kier alpha value is -1.54. The number of rotatable bonds is 2. The molecule has 4 nitrogen and oxygen atoms in total. The number of fused-ring (bicyclic) bond motifs is 1. The van der Waals surface area contributed by atoms with Crippen LogP contribution in [0.15, 0.2) is 22.8 Å². The monoisotopic (exact) mass is 264 g/mol. The van der Waals surface area contributed by atoms with Crippen molar-refractivity contribution in [2.45, 2.75) is 13.0 Å². The van der Waals surface area contributed by atoms with E-state index in [1.54, 1.807) is 4.52 Å². The Labute approximate surface area is 95.8 Å². The minimum Gasteiger partial charge on any atom is -0.340 e. The van der Waals surface area contributed by atoms with Gasteiger partial charge in [0.05, 0.1) is 6.04 Å². The van der Waals surface area contributed by atoms with E-state index in [-0.39, 0.29) is 6.04 Å². The summed E-state index contributed by atoms with van der Waals surface area (Å²) >= 11 is 3.36. The van der Waals surface area contributed by atoms with E-state index in [0.717, 1.165) is 10.1 Å². The normalized spacial score (nSPS) is 12.3. The SMILES string of the molecule is C#CC(C)Nc1nc2ccc(Br)cn2n1. The third-order valence-electron chi connectivity index (χ3n) is 1.89. The number of halogens is 1. The minimum absolute atomic E-state index is 0.0779. The van der Waals surface area contributed by atoms with Crippen molar-refractivity contribution in [3.8, 4) is 12.3 Å². The van der Waals surface area contributed by atoms with Gasteiger partial charge in [-0.1, -0.05) is 5.92 Å². The second-order valence-electron chi connectivity index (χ2n) is 3.12. The average molecular weight is 265 g/mol. The fourth-order valence-electron chi connectivity index (χ4n) is 1.15. The van der Waals surface area contributed by atoms with E-state index in [2.05, 4.69) is 37.2 Å². The van der Waals surface area contributed by atoms with Gasteiger partial charge < -0.3 is 5.32 Å². The second kappa shape index (κ2) is 3.91. The molecule has 0 aromatic carbocycles. The van der Waals surface area contributed by atoms with Crippen molar-refractivity contribution in [3.05, 3.63) is 22.8 Å². The topological polar surface area (TPSA) is 42.2 Å². The summed E-state index contributed by atoms with van der Waals surface area (Å²) in [6.07, 6.45) is 7.10. The highest BCUT2D eigenvalue weighted by molar-refractivity contribution is 9.10. The van der Waals surface area contributed by atoms with Gasteiger partial charge in [-0.2, -0.15) is 4.98 Å². The molecule has 2 rings (SSSR count). The first-order chi connectivity index (χ1) is 7.19. The van der Waals surface area contributed by atoms with Crippen LogP contribution in [0.2, 0.25) is 0 Å². The molecule has 0 saturated heterocycles. The van der Waals surface area contributed by atoms with Gasteiger partial charge in [-0.25, -0.2) is 4.52 Å². The van der Waals surface area contributed by atoms with Crippen LogP contribution in [0, 0.1) is 12.3 Å². The summed E-state index contributed by atoms with van der Waals surface area (Å²) in [5.41, 5.74) is 0.782. The third kappa shape index (κ3) is 2.10. The number of hydrogen-bond acceptors (Lipinski definition) is 3. The lowest BCUT2D eigenvalue weighted by molar-refractivity contribution is 0.929. The quantitative estimate of drug-likeness (QED) is 0.843. The molecule has 0 aliphatic heterocycles. The van der Waals surface area contributed by atoms with Crippen molar-refractivity contribution in [2.24, 2.45) is 0 Å². The van der Waals surface area contributed by atoms with Crippen LogP contribution in [-0.4, -0.2) is 20.6 Å². The fourth-order valence-corrected chi connectivity index (χ4v) is 1.48. The van der Waals surface area contributed by atoms with Crippen molar-refractivity contribution >= 4 is 27.5 Å². The number of aromatic nitrogens is 3. The maximum atomic E-state index is 5.26. The lowest BCUT2D eigenvalue weighted by Gasteiger charge is -2.02. The number of anilines is 1. The summed E-state index contributed by atoms with van der Waals surface area (Å²) in [6.45, 7) is 1.88. The highest BCUT2D eigenvalue weighted by Crippen LogP contribution is 2.12. The van der Waals surface area contributed by atoms with Crippen molar-refractivity contribution in [2.75, 3.05) is 5.32 Å². The van der Waals surface area contributed by atoms with Gasteiger partial charge >= 0.3 is 0 Å². The van der Waals surface area contributed by atoms with Gasteiger partial charge in [-0.3, -0.25) is 0 Å². The van der Waals surface area contributed by atoms with Crippen LogP contribution in [-0.2, 0) is 0 Å². The molecule has 0 bridgehead atoms. The van der Waals surface area contributed by atoms with Crippen LogP contribution in [0.4, 0.5) is 5.95 Å². The van der Waals surface area contributed by atoms with Gasteiger partial charge in [0.2, 0.25) is 5.95 Å². The number of hydrogen-bond donors (Lipinski definition) is 1. The van der Waals surface area contributed by atoms with Crippen LogP contribution >= 0.6 is 15.9 Å².